The van der Waals surface area contributed by atoms with Gasteiger partial charge < -0.3 is 18.9 Å². The number of nitrogens with zero attached hydrogens (tertiary/aromatic N) is 1. The highest BCUT2D eigenvalue weighted by molar-refractivity contribution is 7.93. The van der Waals surface area contributed by atoms with Crippen molar-refractivity contribution in [2.75, 3.05) is 38.9 Å². The zero-order valence-electron chi connectivity index (χ0n) is 18.4. The van der Waals surface area contributed by atoms with E-state index in [0.29, 0.717) is 22.8 Å². The summed E-state index contributed by atoms with van der Waals surface area (Å²) in [6.07, 6.45) is 2.67. The lowest BCUT2D eigenvalue weighted by molar-refractivity contribution is 0.374. The maximum absolute atomic E-state index is 12.7. The summed E-state index contributed by atoms with van der Waals surface area (Å²) in [6.45, 7) is 1.48. The Bertz CT molecular complexity index is 1170. The van der Waals surface area contributed by atoms with Gasteiger partial charge in [-0.3, -0.25) is 4.72 Å². The Morgan fingerprint density at radius 1 is 0.938 bits per heavy atom. The number of hydrogen-bond donors (Lipinski definition) is 1. The lowest BCUT2D eigenvalue weighted by atomic mass is 10.1. The van der Waals surface area contributed by atoms with Crippen molar-refractivity contribution in [2.45, 2.75) is 12.7 Å². The number of pyridine rings is 1. The molecule has 0 bridgehead atoms. The molecule has 1 N–H and O–H groups in total. The van der Waals surface area contributed by atoms with Gasteiger partial charge in [0.2, 0.25) is 15.9 Å². The fraction of sp³-hybridized carbons (Fsp3) is 0.350. The van der Waals surface area contributed by atoms with E-state index in [-0.39, 0.29) is 22.9 Å². The summed E-state index contributed by atoms with van der Waals surface area (Å²) >= 11 is 0. The number of sulfonamides is 1. The average Bonchev–Trinajstić information content (AvgIpc) is 2.76. The van der Waals surface area contributed by atoms with Crippen molar-refractivity contribution in [3.8, 4) is 23.1 Å². The van der Waals surface area contributed by atoms with Crippen LogP contribution in [0.25, 0.3) is 6.08 Å². The predicted octanol–water partition coefficient (Wildman–Crippen LogP) is 2.46. The molecule has 0 unspecified atom stereocenters. The number of methoxy groups -OCH3 is 4. The standard InChI is InChI=1S/C20H26N2O8S2/c1-6-32(25,26)22-17-9-14(12-21-20(17)30-5)13-31(23,24)8-7-16-18(28-3)10-15(27-2)11-19(16)29-4/h7-12,22H,6,13H2,1-5H3/b8-7+. The van der Waals surface area contributed by atoms with E-state index < -0.39 is 25.6 Å². The third-order valence-electron chi connectivity index (χ3n) is 4.31. The largest absolute Gasteiger partial charge is 0.496 e. The monoisotopic (exact) mass is 486 g/mol. The Morgan fingerprint density at radius 2 is 1.56 bits per heavy atom. The van der Waals surface area contributed by atoms with Crippen LogP contribution in [0, 0.1) is 0 Å². The lowest BCUT2D eigenvalue weighted by Crippen LogP contribution is -2.16. The highest BCUT2D eigenvalue weighted by atomic mass is 32.2. The Morgan fingerprint density at radius 3 is 2.06 bits per heavy atom. The van der Waals surface area contributed by atoms with Crippen molar-refractivity contribution < 1.29 is 35.8 Å². The molecule has 32 heavy (non-hydrogen) atoms. The van der Waals surface area contributed by atoms with Crippen molar-refractivity contribution in [1.82, 2.24) is 4.98 Å². The van der Waals surface area contributed by atoms with Crippen LogP contribution in [-0.4, -0.2) is 56.0 Å². The summed E-state index contributed by atoms with van der Waals surface area (Å²) in [7, 11) is -1.65. The van der Waals surface area contributed by atoms with Gasteiger partial charge >= 0.3 is 0 Å². The van der Waals surface area contributed by atoms with Gasteiger partial charge in [-0.25, -0.2) is 21.8 Å². The van der Waals surface area contributed by atoms with E-state index in [2.05, 4.69) is 9.71 Å². The first-order chi connectivity index (χ1) is 15.1. The first-order valence-corrected chi connectivity index (χ1v) is 12.7. The van der Waals surface area contributed by atoms with Crippen molar-refractivity contribution in [2.24, 2.45) is 0 Å². The van der Waals surface area contributed by atoms with Crippen molar-refractivity contribution in [3.05, 3.63) is 40.9 Å². The van der Waals surface area contributed by atoms with Crippen molar-refractivity contribution >= 4 is 31.6 Å². The second-order valence-corrected chi connectivity index (χ2v) is 10.4. The van der Waals surface area contributed by atoms with Gasteiger partial charge in [0.25, 0.3) is 0 Å². The normalized spacial score (nSPS) is 11.9. The van der Waals surface area contributed by atoms with E-state index in [1.54, 1.807) is 12.1 Å². The Balaban J connectivity index is 2.36. The summed E-state index contributed by atoms with van der Waals surface area (Å²) in [5.41, 5.74) is 0.756. The molecule has 176 valence electrons. The van der Waals surface area contributed by atoms with Crippen molar-refractivity contribution in [3.63, 3.8) is 0 Å². The number of ether oxygens (including phenoxy) is 4. The Kier molecular flexibility index (Phi) is 8.33. The minimum atomic E-state index is -3.77. The van der Waals surface area contributed by atoms with Crippen LogP contribution in [-0.2, 0) is 25.6 Å². The van der Waals surface area contributed by atoms with Gasteiger partial charge in [-0.1, -0.05) is 0 Å². The molecule has 2 rings (SSSR count). The summed E-state index contributed by atoms with van der Waals surface area (Å²) in [5, 5.41) is 1.03. The molecule has 0 amide bonds. The number of hydrogen-bond acceptors (Lipinski definition) is 9. The van der Waals surface area contributed by atoms with Gasteiger partial charge in [-0.15, -0.1) is 0 Å². The van der Waals surface area contributed by atoms with Gasteiger partial charge in [-0.05, 0) is 24.6 Å². The number of benzene rings is 1. The summed E-state index contributed by atoms with van der Waals surface area (Å²) in [4.78, 5) is 4.00. The highest BCUT2D eigenvalue weighted by Crippen LogP contribution is 2.35. The van der Waals surface area contributed by atoms with Gasteiger partial charge in [0.1, 0.15) is 22.9 Å². The van der Waals surface area contributed by atoms with Gasteiger partial charge in [0.15, 0.2) is 9.84 Å². The minimum Gasteiger partial charge on any atom is -0.496 e. The highest BCUT2D eigenvalue weighted by Gasteiger charge is 2.17. The molecule has 0 spiro atoms. The van der Waals surface area contributed by atoms with Crippen LogP contribution < -0.4 is 23.7 Å². The van der Waals surface area contributed by atoms with E-state index in [1.807, 2.05) is 0 Å². The molecule has 0 aliphatic rings. The Labute approximate surface area is 188 Å². The van der Waals surface area contributed by atoms with E-state index in [4.69, 9.17) is 18.9 Å². The number of anilines is 1. The van der Waals surface area contributed by atoms with E-state index in [1.165, 1.54) is 53.7 Å². The quantitative estimate of drug-likeness (QED) is 0.509. The number of sulfone groups is 1. The van der Waals surface area contributed by atoms with Crippen LogP contribution in [0.3, 0.4) is 0 Å². The maximum Gasteiger partial charge on any atom is 0.238 e. The van der Waals surface area contributed by atoms with E-state index in [9.17, 15) is 16.8 Å². The predicted molar refractivity (Wildman–Crippen MR) is 122 cm³/mol. The second-order valence-electron chi connectivity index (χ2n) is 6.46. The fourth-order valence-corrected chi connectivity index (χ4v) is 4.39. The molecule has 2 aromatic rings. The molecule has 12 heteroatoms. The topological polar surface area (TPSA) is 130 Å². The summed E-state index contributed by atoms with van der Waals surface area (Å²) in [6, 6.07) is 4.58. The van der Waals surface area contributed by atoms with Gasteiger partial charge in [0.05, 0.1) is 45.5 Å². The van der Waals surface area contributed by atoms with Crippen LogP contribution in [0.15, 0.2) is 29.8 Å². The Hall–Kier alpha value is -2.99. The van der Waals surface area contributed by atoms with Crippen molar-refractivity contribution in [1.29, 1.82) is 0 Å². The third-order valence-corrected chi connectivity index (χ3v) is 6.89. The molecule has 0 saturated carbocycles. The fourth-order valence-electron chi connectivity index (χ4n) is 2.70. The molecular formula is C20H26N2O8S2. The molecule has 0 fully saturated rings. The van der Waals surface area contributed by atoms with Gasteiger partial charge in [0, 0.05) is 23.7 Å². The smallest absolute Gasteiger partial charge is 0.238 e. The summed E-state index contributed by atoms with van der Waals surface area (Å²) < 4.78 is 72.4. The van der Waals surface area contributed by atoms with Gasteiger partial charge in [-0.2, -0.15) is 0 Å². The average molecular weight is 487 g/mol. The first-order valence-electron chi connectivity index (χ1n) is 9.32. The van der Waals surface area contributed by atoms with Crippen LogP contribution in [0.2, 0.25) is 0 Å². The molecule has 0 radical (unpaired) electrons. The number of nitrogens with one attached hydrogen (secondary N) is 1. The van der Waals surface area contributed by atoms with Crippen LogP contribution in [0.4, 0.5) is 5.69 Å². The minimum absolute atomic E-state index is 0.0337. The SMILES string of the molecule is CCS(=O)(=O)Nc1cc(CS(=O)(=O)/C=C/c2c(OC)cc(OC)cc2OC)cnc1OC. The molecular weight excluding hydrogens is 460 g/mol. The third kappa shape index (κ3) is 6.50. The molecule has 0 atom stereocenters. The molecule has 1 aromatic carbocycles. The zero-order chi connectivity index (χ0) is 23.9. The van der Waals surface area contributed by atoms with E-state index >= 15 is 0 Å². The first kappa shape index (κ1) is 25.3. The molecule has 0 saturated heterocycles. The summed E-state index contributed by atoms with van der Waals surface area (Å²) in [5.74, 6) is 0.691. The molecule has 0 aliphatic carbocycles. The second kappa shape index (κ2) is 10.6. The molecule has 1 heterocycles. The molecule has 10 nitrogen and oxygen atoms in total. The van der Waals surface area contributed by atoms with E-state index in [0.717, 1.165) is 5.41 Å². The van der Waals surface area contributed by atoms with Crippen LogP contribution in [0.1, 0.15) is 18.1 Å². The molecule has 0 aliphatic heterocycles. The molecule has 1 aromatic heterocycles. The lowest BCUT2D eigenvalue weighted by Gasteiger charge is -2.13. The van der Waals surface area contributed by atoms with Crippen LogP contribution in [0.5, 0.6) is 23.1 Å². The maximum atomic E-state index is 12.7. The number of rotatable bonds is 11. The van der Waals surface area contributed by atoms with Crippen LogP contribution >= 0.6 is 0 Å². The number of aromatic nitrogens is 1. The zero-order valence-corrected chi connectivity index (χ0v) is 20.0.